The maximum Gasteiger partial charge on any atom is 0.253 e. The van der Waals surface area contributed by atoms with Crippen molar-refractivity contribution in [3.8, 4) is 11.8 Å². The molecular formula is C16H15FN2O2. The largest absolute Gasteiger partial charge is 0.467 e. The van der Waals surface area contributed by atoms with Gasteiger partial charge in [-0.3, -0.25) is 4.79 Å². The molecule has 1 heterocycles. The second-order valence-corrected chi connectivity index (χ2v) is 4.41. The molecule has 5 heteroatoms. The average molecular weight is 286 g/mol. The summed E-state index contributed by atoms with van der Waals surface area (Å²) in [5.74, 6) is 5.13. The monoisotopic (exact) mass is 286 g/mol. The van der Waals surface area contributed by atoms with Crippen molar-refractivity contribution >= 4 is 5.91 Å². The first-order valence-corrected chi connectivity index (χ1v) is 6.44. The van der Waals surface area contributed by atoms with E-state index in [0.29, 0.717) is 11.3 Å². The van der Waals surface area contributed by atoms with Crippen molar-refractivity contribution < 1.29 is 13.6 Å². The van der Waals surface area contributed by atoms with E-state index in [4.69, 9.17) is 10.2 Å². The predicted molar refractivity (Wildman–Crippen MR) is 76.9 cm³/mol. The topological polar surface area (TPSA) is 68.3 Å². The summed E-state index contributed by atoms with van der Waals surface area (Å²) in [6, 6.07) is 7.04. The van der Waals surface area contributed by atoms with Crippen LogP contribution in [0.2, 0.25) is 0 Å². The van der Waals surface area contributed by atoms with Crippen molar-refractivity contribution in [1.29, 1.82) is 0 Å². The highest BCUT2D eigenvalue weighted by atomic mass is 19.1. The maximum absolute atomic E-state index is 13.4. The molecule has 4 nitrogen and oxygen atoms in total. The van der Waals surface area contributed by atoms with Gasteiger partial charge >= 0.3 is 0 Å². The standard InChI is InChI=1S/C16H15FN2O2/c1-11(15-5-3-9-21-15)19-16(20)14-10-13(17)7-6-12(14)4-2-8-18/h3,5-7,9-11H,8,18H2,1H3,(H,19,20). The molecule has 0 aliphatic carbocycles. The summed E-state index contributed by atoms with van der Waals surface area (Å²) < 4.78 is 18.6. The van der Waals surface area contributed by atoms with E-state index in [0.717, 1.165) is 6.07 Å². The lowest BCUT2D eigenvalue weighted by atomic mass is 10.1. The van der Waals surface area contributed by atoms with E-state index >= 15 is 0 Å². The number of nitrogens with two attached hydrogens (primary N) is 1. The Kier molecular flexibility index (Phi) is 4.75. The van der Waals surface area contributed by atoms with Gasteiger partial charge in [-0.05, 0) is 37.3 Å². The summed E-state index contributed by atoms with van der Waals surface area (Å²) in [4.78, 5) is 12.3. The Morgan fingerprint density at radius 1 is 1.48 bits per heavy atom. The van der Waals surface area contributed by atoms with Gasteiger partial charge in [0, 0.05) is 5.56 Å². The number of benzene rings is 1. The third-order valence-electron chi connectivity index (χ3n) is 2.87. The molecule has 0 saturated heterocycles. The average Bonchev–Trinajstić information content (AvgIpc) is 3.00. The van der Waals surface area contributed by atoms with Crippen molar-refractivity contribution in [2.45, 2.75) is 13.0 Å². The number of hydrogen-bond acceptors (Lipinski definition) is 3. The second kappa shape index (κ2) is 6.73. The van der Waals surface area contributed by atoms with Crippen LogP contribution in [0.4, 0.5) is 4.39 Å². The van der Waals surface area contributed by atoms with E-state index in [2.05, 4.69) is 17.2 Å². The van der Waals surface area contributed by atoms with Crippen molar-refractivity contribution in [1.82, 2.24) is 5.32 Å². The minimum absolute atomic E-state index is 0.168. The fraction of sp³-hybridized carbons (Fsp3) is 0.188. The Bertz CT molecular complexity index is 684. The summed E-state index contributed by atoms with van der Waals surface area (Å²) in [5, 5.41) is 2.74. The first-order chi connectivity index (χ1) is 10.1. The lowest BCUT2D eigenvalue weighted by Crippen LogP contribution is -2.27. The van der Waals surface area contributed by atoms with Gasteiger partial charge in [0.2, 0.25) is 0 Å². The van der Waals surface area contributed by atoms with Gasteiger partial charge in [0.1, 0.15) is 11.6 Å². The molecule has 0 bridgehead atoms. The molecule has 0 radical (unpaired) electrons. The zero-order valence-corrected chi connectivity index (χ0v) is 11.5. The van der Waals surface area contributed by atoms with Crippen LogP contribution in [0.1, 0.15) is 34.6 Å². The first-order valence-electron chi connectivity index (χ1n) is 6.44. The molecule has 1 aromatic heterocycles. The van der Waals surface area contributed by atoms with E-state index in [1.165, 1.54) is 18.4 Å². The van der Waals surface area contributed by atoms with Crippen LogP contribution in [0.15, 0.2) is 41.0 Å². The number of carbonyl (C=O) groups excluding carboxylic acids is 1. The van der Waals surface area contributed by atoms with Gasteiger partial charge in [-0.25, -0.2) is 4.39 Å². The van der Waals surface area contributed by atoms with Gasteiger partial charge < -0.3 is 15.5 Å². The van der Waals surface area contributed by atoms with Crippen LogP contribution in [0.25, 0.3) is 0 Å². The number of rotatable bonds is 3. The van der Waals surface area contributed by atoms with Crippen molar-refractivity contribution in [3.05, 3.63) is 59.3 Å². The predicted octanol–water partition coefficient (Wildman–Crippen LogP) is 2.22. The summed E-state index contributed by atoms with van der Waals surface area (Å²) in [5.41, 5.74) is 5.93. The Morgan fingerprint density at radius 3 is 2.95 bits per heavy atom. The van der Waals surface area contributed by atoms with Crippen LogP contribution >= 0.6 is 0 Å². The highest BCUT2D eigenvalue weighted by molar-refractivity contribution is 5.97. The maximum atomic E-state index is 13.4. The van der Waals surface area contributed by atoms with E-state index in [1.54, 1.807) is 19.1 Å². The molecule has 21 heavy (non-hydrogen) atoms. The second-order valence-electron chi connectivity index (χ2n) is 4.41. The Labute approximate surface area is 122 Å². The number of carbonyl (C=O) groups is 1. The van der Waals surface area contributed by atoms with Crippen molar-refractivity contribution in [3.63, 3.8) is 0 Å². The minimum Gasteiger partial charge on any atom is -0.467 e. The van der Waals surface area contributed by atoms with E-state index < -0.39 is 11.7 Å². The normalized spacial score (nSPS) is 11.4. The Hall–Kier alpha value is -2.58. The van der Waals surface area contributed by atoms with Crippen LogP contribution in [0.3, 0.4) is 0 Å². The number of hydrogen-bond donors (Lipinski definition) is 2. The molecule has 1 amide bonds. The van der Waals surface area contributed by atoms with Gasteiger partial charge in [0.05, 0.1) is 24.4 Å². The van der Waals surface area contributed by atoms with Crippen LogP contribution in [-0.4, -0.2) is 12.5 Å². The van der Waals surface area contributed by atoms with E-state index in [-0.39, 0.29) is 18.2 Å². The SMILES string of the molecule is CC(NC(=O)c1cc(F)ccc1C#CCN)c1ccco1. The fourth-order valence-corrected chi connectivity index (χ4v) is 1.84. The molecule has 1 aromatic carbocycles. The molecular weight excluding hydrogens is 271 g/mol. The summed E-state index contributed by atoms with van der Waals surface area (Å²) >= 11 is 0. The molecule has 0 spiro atoms. The number of furan rings is 1. The quantitative estimate of drug-likeness (QED) is 0.850. The van der Waals surface area contributed by atoms with Crippen LogP contribution in [0, 0.1) is 17.7 Å². The van der Waals surface area contributed by atoms with Gasteiger partial charge in [-0.1, -0.05) is 11.8 Å². The Morgan fingerprint density at radius 2 is 2.29 bits per heavy atom. The van der Waals surface area contributed by atoms with Crippen LogP contribution < -0.4 is 11.1 Å². The fourth-order valence-electron chi connectivity index (χ4n) is 1.84. The molecule has 1 unspecified atom stereocenters. The number of halogens is 1. The van der Waals surface area contributed by atoms with Gasteiger partial charge in [0.25, 0.3) is 5.91 Å². The van der Waals surface area contributed by atoms with Crippen molar-refractivity contribution in [2.24, 2.45) is 5.73 Å². The lowest BCUT2D eigenvalue weighted by molar-refractivity contribution is 0.0934. The summed E-state index contributed by atoms with van der Waals surface area (Å²) in [7, 11) is 0. The van der Waals surface area contributed by atoms with Gasteiger partial charge in [-0.2, -0.15) is 0 Å². The first kappa shape index (κ1) is 14.8. The highest BCUT2D eigenvalue weighted by Gasteiger charge is 2.16. The highest BCUT2D eigenvalue weighted by Crippen LogP contribution is 2.15. The smallest absolute Gasteiger partial charge is 0.253 e. The third-order valence-corrected chi connectivity index (χ3v) is 2.87. The molecule has 0 aliphatic heterocycles. The van der Waals surface area contributed by atoms with Gasteiger partial charge in [-0.15, -0.1) is 0 Å². The van der Waals surface area contributed by atoms with Crippen LogP contribution in [0.5, 0.6) is 0 Å². The summed E-state index contributed by atoms with van der Waals surface area (Å²) in [6.07, 6.45) is 1.53. The van der Waals surface area contributed by atoms with Crippen molar-refractivity contribution in [2.75, 3.05) is 6.54 Å². The van der Waals surface area contributed by atoms with Gasteiger partial charge in [0.15, 0.2) is 0 Å². The van der Waals surface area contributed by atoms with E-state index in [9.17, 15) is 9.18 Å². The minimum atomic E-state index is -0.496. The molecule has 0 fully saturated rings. The summed E-state index contributed by atoms with van der Waals surface area (Å²) in [6.45, 7) is 1.95. The molecule has 0 saturated carbocycles. The zero-order valence-electron chi connectivity index (χ0n) is 11.5. The van der Waals surface area contributed by atoms with E-state index in [1.807, 2.05) is 0 Å². The van der Waals surface area contributed by atoms with Crippen LogP contribution in [-0.2, 0) is 0 Å². The molecule has 2 rings (SSSR count). The molecule has 0 aliphatic rings. The Balaban J connectivity index is 2.24. The molecule has 2 aromatic rings. The molecule has 108 valence electrons. The number of amides is 1. The number of nitrogens with one attached hydrogen (secondary N) is 1. The third kappa shape index (κ3) is 3.71. The zero-order chi connectivity index (χ0) is 15.2. The molecule has 1 atom stereocenters. The lowest BCUT2D eigenvalue weighted by Gasteiger charge is -2.12. The molecule has 3 N–H and O–H groups in total.